The first-order chi connectivity index (χ1) is 9.85. The second-order valence-electron chi connectivity index (χ2n) is 6.20. The molecule has 4 rings (SSSR count). The molecule has 3 heteroatoms. The zero-order valence-electron chi connectivity index (χ0n) is 11.7. The normalized spacial score (nSPS) is 21.7. The summed E-state index contributed by atoms with van der Waals surface area (Å²) in [6.45, 7) is 4.63. The van der Waals surface area contributed by atoms with Crippen LogP contribution >= 0.6 is 0 Å². The molecule has 1 aromatic carbocycles. The van der Waals surface area contributed by atoms with E-state index < -0.39 is 0 Å². The van der Waals surface area contributed by atoms with Crippen LogP contribution in [0.3, 0.4) is 0 Å². The molecule has 2 saturated heterocycles. The highest BCUT2D eigenvalue weighted by molar-refractivity contribution is 5.79. The number of fused-ring (bicyclic) bond motifs is 1. The van der Waals surface area contributed by atoms with Gasteiger partial charge in [0.15, 0.2) is 0 Å². The van der Waals surface area contributed by atoms with Crippen LogP contribution in [0.4, 0.5) is 5.82 Å². The van der Waals surface area contributed by atoms with Crippen LogP contribution in [0.1, 0.15) is 19.3 Å². The van der Waals surface area contributed by atoms with Crippen molar-refractivity contribution in [2.45, 2.75) is 19.3 Å². The van der Waals surface area contributed by atoms with E-state index in [2.05, 4.69) is 46.6 Å². The van der Waals surface area contributed by atoms with Crippen molar-refractivity contribution in [1.82, 2.24) is 10.3 Å². The lowest BCUT2D eigenvalue weighted by Crippen LogP contribution is -2.41. The van der Waals surface area contributed by atoms with E-state index in [1.165, 1.54) is 37.7 Å². The Morgan fingerprint density at radius 1 is 1.15 bits per heavy atom. The molecule has 1 aromatic heterocycles. The highest BCUT2D eigenvalue weighted by Crippen LogP contribution is 2.37. The predicted molar refractivity (Wildman–Crippen MR) is 81.9 cm³/mol. The Hall–Kier alpha value is -1.61. The van der Waals surface area contributed by atoms with Gasteiger partial charge < -0.3 is 10.2 Å². The van der Waals surface area contributed by atoms with E-state index in [0.29, 0.717) is 5.41 Å². The molecule has 20 heavy (non-hydrogen) atoms. The Bertz CT molecular complexity index is 606. The van der Waals surface area contributed by atoms with Crippen LogP contribution in [0.5, 0.6) is 0 Å². The summed E-state index contributed by atoms with van der Waals surface area (Å²) in [5.41, 5.74) is 1.64. The van der Waals surface area contributed by atoms with Gasteiger partial charge in [0.05, 0.1) is 5.52 Å². The summed E-state index contributed by atoms with van der Waals surface area (Å²) in [4.78, 5) is 7.17. The largest absolute Gasteiger partial charge is 0.356 e. The van der Waals surface area contributed by atoms with Gasteiger partial charge in [-0.1, -0.05) is 18.2 Å². The maximum atomic E-state index is 4.77. The van der Waals surface area contributed by atoms with Crippen molar-refractivity contribution in [2.75, 3.05) is 31.1 Å². The van der Waals surface area contributed by atoms with E-state index in [-0.39, 0.29) is 0 Å². The van der Waals surface area contributed by atoms with E-state index in [1.807, 2.05) is 0 Å². The molecule has 0 aliphatic carbocycles. The van der Waals surface area contributed by atoms with Gasteiger partial charge in [-0.2, -0.15) is 0 Å². The van der Waals surface area contributed by atoms with E-state index in [0.717, 1.165) is 24.4 Å². The molecule has 2 aliphatic rings. The first-order valence-corrected chi connectivity index (χ1v) is 7.58. The molecule has 0 amide bonds. The molecule has 0 atom stereocenters. The van der Waals surface area contributed by atoms with Gasteiger partial charge in [-0.05, 0) is 43.4 Å². The Labute approximate surface area is 120 Å². The average Bonchev–Trinajstić information content (AvgIpc) is 2.96. The lowest BCUT2D eigenvalue weighted by atomic mass is 9.78. The van der Waals surface area contributed by atoms with Crippen LogP contribution < -0.4 is 10.2 Å². The van der Waals surface area contributed by atoms with Gasteiger partial charge in [0, 0.05) is 31.1 Å². The first-order valence-electron chi connectivity index (χ1n) is 7.58. The number of pyridine rings is 1. The summed E-state index contributed by atoms with van der Waals surface area (Å²) in [5.74, 6) is 1.02. The quantitative estimate of drug-likeness (QED) is 0.860. The number of piperidine rings is 1. The van der Waals surface area contributed by atoms with Gasteiger partial charge in [-0.3, -0.25) is 0 Å². The van der Waals surface area contributed by atoms with Crippen molar-refractivity contribution in [2.24, 2.45) is 5.41 Å². The van der Waals surface area contributed by atoms with Crippen molar-refractivity contribution in [3.8, 4) is 0 Å². The van der Waals surface area contributed by atoms with Crippen molar-refractivity contribution < 1.29 is 0 Å². The molecule has 3 heterocycles. The molecule has 103 valence electrons. The Morgan fingerprint density at radius 2 is 2.00 bits per heavy atom. The number of aromatic nitrogens is 1. The molecule has 0 saturated carbocycles. The maximum absolute atomic E-state index is 4.77. The fraction of sp³-hybridized carbons (Fsp3) is 0.471. The summed E-state index contributed by atoms with van der Waals surface area (Å²) < 4.78 is 0. The second-order valence-corrected chi connectivity index (χ2v) is 6.20. The number of anilines is 1. The molecule has 3 nitrogen and oxygen atoms in total. The minimum Gasteiger partial charge on any atom is -0.356 e. The Kier molecular flexibility index (Phi) is 2.88. The van der Waals surface area contributed by atoms with Crippen LogP contribution in [0.25, 0.3) is 10.9 Å². The SMILES string of the molecule is [c]1cc2ccccc2nc1N1CCC2(CCNC2)CC1. The Morgan fingerprint density at radius 3 is 2.80 bits per heavy atom. The van der Waals surface area contributed by atoms with E-state index in [4.69, 9.17) is 4.98 Å². The minimum atomic E-state index is 0.563. The van der Waals surface area contributed by atoms with E-state index in [9.17, 15) is 0 Å². The number of para-hydroxylation sites is 1. The van der Waals surface area contributed by atoms with Crippen LogP contribution in [0.2, 0.25) is 0 Å². The number of nitrogens with zero attached hydrogens (tertiary/aromatic N) is 2. The lowest BCUT2D eigenvalue weighted by Gasteiger charge is -2.39. The highest BCUT2D eigenvalue weighted by Gasteiger charge is 2.37. The number of hydrogen-bond acceptors (Lipinski definition) is 3. The summed E-state index contributed by atoms with van der Waals surface area (Å²) in [6.07, 6.45) is 3.90. The third kappa shape index (κ3) is 2.06. The van der Waals surface area contributed by atoms with Gasteiger partial charge in [0.1, 0.15) is 5.82 Å². The third-order valence-corrected chi connectivity index (χ3v) is 4.98. The second kappa shape index (κ2) is 4.74. The first kappa shape index (κ1) is 12.2. The molecule has 0 bridgehead atoms. The van der Waals surface area contributed by atoms with Crippen molar-refractivity contribution in [3.05, 3.63) is 36.4 Å². The third-order valence-electron chi connectivity index (χ3n) is 4.98. The molecular weight excluding hydrogens is 246 g/mol. The van der Waals surface area contributed by atoms with E-state index >= 15 is 0 Å². The molecule has 2 fully saturated rings. The fourth-order valence-corrected chi connectivity index (χ4v) is 3.58. The van der Waals surface area contributed by atoms with Crippen molar-refractivity contribution >= 4 is 16.7 Å². The number of rotatable bonds is 1. The van der Waals surface area contributed by atoms with Crippen LogP contribution in [-0.2, 0) is 0 Å². The van der Waals surface area contributed by atoms with Crippen molar-refractivity contribution in [1.29, 1.82) is 0 Å². The van der Waals surface area contributed by atoms with Gasteiger partial charge in [0.2, 0.25) is 0 Å². The molecule has 1 N–H and O–H groups in total. The molecule has 2 aromatic rings. The smallest absolute Gasteiger partial charge is 0.137 e. The lowest BCUT2D eigenvalue weighted by molar-refractivity contribution is 0.247. The van der Waals surface area contributed by atoms with Crippen LogP contribution in [-0.4, -0.2) is 31.2 Å². The van der Waals surface area contributed by atoms with Crippen molar-refractivity contribution in [3.63, 3.8) is 0 Å². The van der Waals surface area contributed by atoms with Gasteiger partial charge >= 0.3 is 0 Å². The standard InChI is InChI=1S/C17H20N3/c1-2-4-15-14(3-1)5-6-16(19-15)20-11-8-17(9-12-20)7-10-18-13-17/h1-5,18H,7-13H2. The van der Waals surface area contributed by atoms with E-state index in [1.54, 1.807) is 0 Å². The minimum absolute atomic E-state index is 0.563. The monoisotopic (exact) mass is 266 g/mol. The topological polar surface area (TPSA) is 28.2 Å². The molecule has 1 radical (unpaired) electrons. The fourth-order valence-electron chi connectivity index (χ4n) is 3.58. The maximum Gasteiger partial charge on any atom is 0.137 e. The van der Waals surface area contributed by atoms with Gasteiger partial charge in [0.25, 0.3) is 0 Å². The number of hydrogen-bond donors (Lipinski definition) is 1. The summed E-state index contributed by atoms with van der Waals surface area (Å²) in [6, 6.07) is 13.7. The molecule has 2 aliphatic heterocycles. The summed E-state index contributed by atoms with van der Waals surface area (Å²) >= 11 is 0. The average molecular weight is 266 g/mol. The zero-order chi connectivity index (χ0) is 13.4. The molecule has 1 spiro atoms. The molecular formula is C17H20N3. The number of benzene rings is 1. The Balaban J connectivity index is 1.55. The highest BCUT2D eigenvalue weighted by atomic mass is 15.2. The molecule has 0 unspecified atom stereocenters. The van der Waals surface area contributed by atoms with Crippen LogP contribution in [0, 0.1) is 11.5 Å². The summed E-state index contributed by atoms with van der Waals surface area (Å²) in [7, 11) is 0. The van der Waals surface area contributed by atoms with Crippen LogP contribution in [0.15, 0.2) is 30.3 Å². The predicted octanol–water partition coefficient (Wildman–Crippen LogP) is 2.61. The number of nitrogens with one attached hydrogen (secondary N) is 1. The van der Waals surface area contributed by atoms with Gasteiger partial charge in [-0.25, -0.2) is 4.98 Å². The zero-order valence-corrected chi connectivity index (χ0v) is 11.7. The van der Waals surface area contributed by atoms with Gasteiger partial charge in [-0.15, -0.1) is 0 Å². The summed E-state index contributed by atoms with van der Waals surface area (Å²) in [5, 5.41) is 4.69.